The highest BCUT2D eigenvalue weighted by molar-refractivity contribution is 7.50. The molecule has 0 saturated carbocycles. The summed E-state index contributed by atoms with van der Waals surface area (Å²) in [6.45, 7) is 4.71. The van der Waals surface area contributed by atoms with Gasteiger partial charge in [-0.15, -0.1) is 0 Å². The van der Waals surface area contributed by atoms with Crippen LogP contribution in [0.1, 0.15) is 38.5 Å². The lowest BCUT2D eigenvalue weighted by Gasteiger charge is -2.23. The quantitative estimate of drug-likeness (QED) is 0.146. The molecule has 14 nitrogen and oxygen atoms in total. The van der Waals surface area contributed by atoms with Gasteiger partial charge in [-0.3, -0.25) is 23.7 Å². The molecular weight excluding hydrogens is 447 g/mol. The van der Waals surface area contributed by atoms with Crippen molar-refractivity contribution >= 4 is 13.7 Å². The number of nitrogens with one attached hydrogen (secondary N) is 2. The van der Waals surface area contributed by atoms with Crippen molar-refractivity contribution in [1.29, 1.82) is 0 Å². The molecule has 3 N–H and O–H groups in total. The normalized spacial score (nSPS) is 23.4. The molecule has 0 amide bonds. The first-order chi connectivity index (χ1) is 15.0. The van der Waals surface area contributed by atoms with Crippen molar-refractivity contribution in [2.75, 3.05) is 13.7 Å². The van der Waals surface area contributed by atoms with Crippen LogP contribution in [0.15, 0.2) is 20.9 Å². The van der Waals surface area contributed by atoms with Gasteiger partial charge in [-0.25, -0.2) is 14.4 Å². The molecule has 1 saturated heterocycles. The highest BCUT2D eigenvalue weighted by Gasteiger charge is 2.39. The maximum absolute atomic E-state index is 12.5. The highest BCUT2D eigenvalue weighted by Crippen LogP contribution is 2.40. The van der Waals surface area contributed by atoms with Crippen molar-refractivity contribution in [1.82, 2.24) is 14.6 Å². The van der Waals surface area contributed by atoms with E-state index in [0.717, 1.165) is 11.7 Å². The zero-order valence-electron chi connectivity index (χ0n) is 18.1. The Labute approximate surface area is 183 Å². The van der Waals surface area contributed by atoms with Crippen molar-refractivity contribution in [2.24, 2.45) is 11.0 Å². The predicted molar refractivity (Wildman–Crippen MR) is 112 cm³/mol. The Hall–Kier alpha value is -2.47. The monoisotopic (exact) mass is 474 g/mol. The Bertz CT molecular complexity index is 1030. The number of ether oxygens (including phenoxy) is 2. The number of azide groups is 1. The van der Waals surface area contributed by atoms with Crippen LogP contribution in [0.5, 0.6) is 0 Å². The fraction of sp³-hybridized carbons (Fsp3) is 0.706. The average molecular weight is 474 g/mol. The summed E-state index contributed by atoms with van der Waals surface area (Å²) in [5.74, 6) is -0.688. The molecule has 1 aromatic heterocycles. The highest BCUT2D eigenvalue weighted by atomic mass is 31.2. The Morgan fingerprint density at radius 3 is 2.81 bits per heavy atom. The predicted octanol–water partition coefficient (Wildman–Crippen LogP) is 1.11. The van der Waals surface area contributed by atoms with Gasteiger partial charge < -0.3 is 14.4 Å². The lowest BCUT2D eigenvalue weighted by molar-refractivity contribution is -0.143. The molecule has 1 aliphatic heterocycles. The van der Waals surface area contributed by atoms with E-state index < -0.39 is 56.0 Å². The molecule has 0 radical (unpaired) electrons. The molecule has 0 aromatic carbocycles. The van der Waals surface area contributed by atoms with E-state index >= 15 is 0 Å². The Morgan fingerprint density at radius 1 is 1.53 bits per heavy atom. The van der Waals surface area contributed by atoms with E-state index in [1.54, 1.807) is 0 Å². The van der Waals surface area contributed by atoms with E-state index in [9.17, 15) is 23.8 Å². The minimum atomic E-state index is -4.47. The molecule has 0 aliphatic carbocycles. The zero-order valence-corrected chi connectivity index (χ0v) is 19.0. The summed E-state index contributed by atoms with van der Waals surface area (Å²) in [6, 6.07) is -1.88. The number of methoxy groups -OCH3 is 1. The molecule has 0 bridgehead atoms. The van der Waals surface area contributed by atoms with Crippen LogP contribution in [0.3, 0.4) is 0 Å². The molecule has 2 heterocycles. The van der Waals surface area contributed by atoms with E-state index in [-0.39, 0.29) is 24.3 Å². The molecule has 1 aromatic rings. The second-order valence-corrected chi connectivity index (χ2v) is 9.32. The number of carbonyl (C=O) groups excluding carboxylic acids is 1. The summed E-state index contributed by atoms with van der Waals surface area (Å²) in [5, 5.41) is 5.89. The number of carbonyl (C=O) groups is 1. The molecule has 32 heavy (non-hydrogen) atoms. The van der Waals surface area contributed by atoms with E-state index in [4.69, 9.17) is 14.8 Å². The molecule has 5 atom stereocenters. The van der Waals surface area contributed by atoms with Crippen LogP contribution in [0, 0.1) is 12.8 Å². The first-order valence-corrected chi connectivity index (χ1v) is 11.4. The SMILES string of the molecule is COC(=O)[C@H](CC(C)C)NP(=O)(O)OC[C@H]1OC(n2cc(C)c(=O)[nH]c2=O)C[C@H]1N=[N+]=[N-]. The summed E-state index contributed by atoms with van der Waals surface area (Å²) < 4.78 is 29.1. The Morgan fingerprint density at radius 2 is 2.22 bits per heavy atom. The van der Waals surface area contributed by atoms with Crippen LogP contribution in [-0.2, 0) is 23.4 Å². The maximum Gasteiger partial charge on any atom is 0.403 e. The number of esters is 1. The topological polar surface area (TPSA) is 198 Å². The van der Waals surface area contributed by atoms with Crippen LogP contribution in [0.2, 0.25) is 0 Å². The van der Waals surface area contributed by atoms with Gasteiger partial charge in [-0.2, -0.15) is 0 Å². The lowest BCUT2D eigenvalue weighted by Crippen LogP contribution is -2.38. The standard InChI is InChI=1S/C17H27N6O8P/c1-9(2)5-12(16(25)29-4)21-32(27,28)30-8-13-11(20-22-18)6-14(31-13)23-7-10(3)15(24)19-17(23)26/h7,9,11-14H,5-6,8H2,1-4H3,(H,19,24,26)(H2,21,27,28)/t11-,12+,13-,14?/m1/s1. The van der Waals surface area contributed by atoms with Gasteiger partial charge in [-0.05, 0) is 24.8 Å². The fourth-order valence-electron chi connectivity index (χ4n) is 3.25. The molecule has 178 valence electrons. The number of aromatic amines is 1. The summed E-state index contributed by atoms with van der Waals surface area (Å²) in [5.41, 5.74) is 7.86. The Kier molecular flexibility index (Phi) is 8.79. The van der Waals surface area contributed by atoms with Crippen molar-refractivity contribution in [3.8, 4) is 0 Å². The van der Waals surface area contributed by atoms with Gasteiger partial charge in [0, 0.05) is 23.1 Å². The third-order valence-corrected chi connectivity index (χ3v) is 5.92. The summed E-state index contributed by atoms with van der Waals surface area (Å²) in [6.07, 6.45) is -0.229. The van der Waals surface area contributed by atoms with Gasteiger partial charge in [-0.1, -0.05) is 19.0 Å². The molecule has 15 heteroatoms. The third-order valence-electron chi connectivity index (χ3n) is 4.79. The van der Waals surface area contributed by atoms with Gasteiger partial charge in [0.25, 0.3) is 5.56 Å². The minimum Gasteiger partial charge on any atom is -0.468 e. The molecule has 2 unspecified atom stereocenters. The van der Waals surface area contributed by atoms with Crippen LogP contribution in [0.4, 0.5) is 0 Å². The van der Waals surface area contributed by atoms with Crippen molar-refractivity contribution in [3.05, 3.63) is 43.0 Å². The number of rotatable bonds is 10. The summed E-state index contributed by atoms with van der Waals surface area (Å²) in [4.78, 5) is 50.7. The maximum atomic E-state index is 12.5. The van der Waals surface area contributed by atoms with E-state index in [0.29, 0.717) is 0 Å². The fourth-order valence-corrected chi connectivity index (χ4v) is 4.28. The molecule has 2 rings (SSSR count). The smallest absolute Gasteiger partial charge is 0.403 e. The minimum absolute atomic E-state index is 0.0268. The zero-order chi connectivity index (χ0) is 24.1. The van der Waals surface area contributed by atoms with Crippen molar-refractivity contribution < 1.29 is 28.3 Å². The van der Waals surface area contributed by atoms with Crippen molar-refractivity contribution in [3.63, 3.8) is 0 Å². The molecular formula is C17H27N6O8P. The van der Waals surface area contributed by atoms with Gasteiger partial charge in [0.2, 0.25) is 0 Å². The van der Waals surface area contributed by atoms with E-state index in [1.165, 1.54) is 13.1 Å². The number of hydrogen-bond donors (Lipinski definition) is 3. The molecule has 1 fully saturated rings. The summed E-state index contributed by atoms with van der Waals surface area (Å²) in [7, 11) is -3.30. The summed E-state index contributed by atoms with van der Waals surface area (Å²) >= 11 is 0. The van der Waals surface area contributed by atoms with Crippen LogP contribution >= 0.6 is 7.75 Å². The van der Waals surface area contributed by atoms with Crippen LogP contribution in [0.25, 0.3) is 10.4 Å². The molecule has 1 aliphatic rings. The van der Waals surface area contributed by atoms with Gasteiger partial charge >= 0.3 is 19.4 Å². The van der Waals surface area contributed by atoms with E-state index in [2.05, 4.69) is 24.8 Å². The number of hydrogen-bond acceptors (Lipinski definition) is 8. The second kappa shape index (κ2) is 10.9. The number of H-pyrrole nitrogens is 1. The number of aryl methyl sites for hydroxylation is 1. The average Bonchev–Trinajstić information content (AvgIpc) is 3.10. The number of aromatic nitrogens is 2. The second-order valence-electron chi connectivity index (χ2n) is 7.77. The molecule has 0 spiro atoms. The van der Waals surface area contributed by atoms with Crippen LogP contribution < -0.4 is 16.3 Å². The van der Waals surface area contributed by atoms with Crippen LogP contribution in [-0.4, -0.2) is 52.3 Å². The van der Waals surface area contributed by atoms with Crippen molar-refractivity contribution in [2.45, 2.75) is 58.0 Å². The van der Waals surface area contributed by atoms with Gasteiger partial charge in [0.05, 0.1) is 25.9 Å². The van der Waals surface area contributed by atoms with Gasteiger partial charge in [0.15, 0.2) is 0 Å². The first kappa shape index (κ1) is 25.8. The van der Waals surface area contributed by atoms with E-state index in [1.807, 2.05) is 13.8 Å². The Balaban J connectivity index is 2.13. The van der Waals surface area contributed by atoms with Gasteiger partial charge in [0.1, 0.15) is 12.3 Å². The largest absolute Gasteiger partial charge is 0.468 e. The number of nitrogens with zero attached hydrogens (tertiary/aromatic N) is 4. The third kappa shape index (κ3) is 6.76. The first-order valence-electron chi connectivity index (χ1n) is 9.82. The lowest BCUT2D eigenvalue weighted by atomic mass is 10.1.